The Morgan fingerprint density at radius 1 is 1.22 bits per heavy atom. The van der Waals surface area contributed by atoms with Gasteiger partial charge >= 0.3 is 0 Å². The first-order valence-corrected chi connectivity index (χ1v) is 9.86. The Balaban J connectivity index is 1.78. The number of nitrogens with one attached hydrogen (secondary N) is 1. The first-order valence-electron chi connectivity index (χ1n) is 7.18. The van der Waals surface area contributed by atoms with Gasteiger partial charge in [-0.25, -0.2) is 13.1 Å². The van der Waals surface area contributed by atoms with Crippen molar-refractivity contribution in [3.63, 3.8) is 0 Å². The number of thiophene rings is 1. The Labute approximate surface area is 144 Å². The molecule has 1 N–H and O–H groups in total. The van der Waals surface area contributed by atoms with E-state index in [0.29, 0.717) is 17.3 Å². The SMILES string of the molecule is Cc1c(CCNS(=O)(=O)c2ccc(Cl)s2)c2ccccc2n1C. The summed E-state index contributed by atoms with van der Waals surface area (Å²) >= 11 is 6.87. The largest absolute Gasteiger partial charge is 0.348 e. The predicted octanol–water partition coefficient (Wildman–Crippen LogP) is 3.72. The summed E-state index contributed by atoms with van der Waals surface area (Å²) in [4.78, 5) is 0. The maximum atomic E-state index is 12.2. The zero-order chi connectivity index (χ0) is 16.6. The first-order chi connectivity index (χ1) is 10.9. The standard InChI is InChI=1S/C16H17ClN2O2S2/c1-11-12(13-5-3-4-6-14(13)19(11)2)9-10-18-23(20,21)16-8-7-15(17)22-16/h3-8,18H,9-10H2,1-2H3. The summed E-state index contributed by atoms with van der Waals surface area (Å²) in [6.07, 6.45) is 0.644. The van der Waals surface area contributed by atoms with Crippen molar-refractivity contribution in [2.24, 2.45) is 7.05 Å². The maximum absolute atomic E-state index is 12.2. The summed E-state index contributed by atoms with van der Waals surface area (Å²) in [7, 11) is -1.46. The monoisotopic (exact) mass is 368 g/mol. The molecule has 0 amide bonds. The van der Waals surface area contributed by atoms with Gasteiger partial charge in [0.2, 0.25) is 10.0 Å². The van der Waals surface area contributed by atoms with Gasteiger partial charge in [0, 0.05) is 30.2 Å². The van der Waals surface area contributed by atoms with Crippen molar-refractivity contribution in [1.29, 1.82) is 0 Å². The average Bonchev–Trinajstić information content (AvgIpc) is 3.06. The maximum Gasteiger partial charge on any atom is 0.250 e. The number of aryl methyl sites for hydroxylation is 1. The molecule has 0 saturated carbocycles. The van der Waals surface area contributed by atoms with E-state index in [-0.39, 0.29) is 4.21 Å². The fourth-order valence-corrected chi connectivity index (χ4v) is 5.30. The highest BCUT2D eigenvalue weighted by Crippen LogP contribution is 2.26. The number of halogens is 1. The Morgan fingerprint density at radius 3 is 2.65 bits per heavy atom. The molecule has 2 aromatic heterocycles. The third-order valence-corrected chi connectivity index (χ3v) is 7.19. The van der Waals surface area contributed by atoms with Crippen molar-refractivity contribution < 1.29 is 8.42 Å². The van der Waals surface area contributed by atoms with Gasteiger partial charge in [-0.3, -0.25) is 0 Å². The second-order valence-electron chi connectivity index (χ2n) is 5.35. The Bertz CT molecular complexity index is 958. The van der Waals surface area contributed by atoms with Crippen molar-refractivity contribution in [1.82, 2.24) is 9.29 Å². The van der Waals surface area contributed by atoms with Gasteiger partial charge in [0.05, 0.1) is 4.34 Å². The summed E-state index contributed by atoms with van der Waals surface area (Å²) in [5.74, 6) is 0. The van der Waals surface area contributed by atoms with Crippen LogP contribution in [0.2, 0.25) is 4.34 Å². The highest BCUT2D eigenvalue weighted by molar-refractivity contribution is 7.91. The molecule has 0 spiro atoms. The Morgan fingerprint density at radius 2 is 1.96 bits per heavy atom. The number of nitrogens with zero attached hydrogens (tertiary/aromatic N) is 1. The van der Waals surface area contributed by atoms with Gasteiger partial charge in [0.15, 0.2) is 0 Å². The van der Waals surface area contributed by atoms with E-state index in [1.54, 1.807) is 6.07 Å². The van der Waals surface area contributed by atoms with Crippen molar-refractivity contribution in [2.75, 3.05) is 6.54 Å². The third-order valence-electron chi connectivity index (χ3n) is 4.01. The van der Waals surface area contributed by atoms with E-state index in [9.17, 15) is 8.42 Å². The number of rotatable bonds is 5. The molecule has 23 heavy (non-hydrogen) atoms. The van der Waals surface area contributed by atoms with E-state index in [0.717, 1.165) is 22.5 Å². The van der Waals surface area contributed by atoms with Crippen LogP contribution in [0.5, 0.6) is 0 Å². The number of hydrogen-bond acceptors (Lipinski definition) is 3. The van der Waals surface area contributed by atoms with E-state index in [4.69, 9.17) is 11.6 Å². The van der Waals surface area contributed by atoms with E-state index >= 15 is 0 Å². The Hall–Kier alpha value is -1.34. The lowest BCUT2D eigenvalue weighted by Gasteiger charge is -2.06. The molecular formula is C16H17ClN2O2S2. The minimum atomic E-state index is -3.49. The predicted molar refractivity (Wildman–Crippen MR) is 95.9 cm³/mol. The van der Waals surface area contributed by atoms with Crippen LogP contribution in [0.4, 0.5) is 0 Å². The Kier molecular flexibility index (Phi) is 4.51. The summed E-state index contributed by atoms with van der Waals surface area (Å²) in [6, 6.07) is 11.3. The number of fused-ring (bicyclic) bond motifs is 1. The number of para-hydroxylation sites is 1. The molecule has 0 aliphatic carbocycles. The van der Waals surface area contributed by atoms with Crippen LogP contribution in [-0.2, 0) is 23.5 Å². The van der Waals surface area contributed by atoms with Crippen molar-refractivity contribution in [3.8, 4) is 0 Å². The lowest BCUT2D eigenvalue weighted by Crippen LogP contribution is -2.25. The molecule has 0 atom stereocenters. The van der Waals surface area contributed by atoms with Gasteiger partial charge in [-0.05, 0) is 37.1 Å². The lowest BCUT2D eigenvalue weighted by atomic mass is 10.1. The summed E-state index contributed by atoms with van der Waals surface area (Å²) < 4.78 is 30.0. The molecular weight excluding hydrogens is 352 g/mol. The third kappa shape index (κ3) is 3.17. The molecule has 122 valence electrons. The molecule has 3 rings (SSSR count). The lowest BCUT2D eigenvalue weighted by molar-refractivity contribution is 0.583. The number of sulfonamides is 1. The highest BCUT2D eigenvalue weighted by atomic mass is 35.5. The number of hydrogen-bond donors (Lipinski definition) is 1. The van der Waals surface area contributed by atoms with Crippen LogP contribution in [-0.4, -0.2) is 19.5 Å². The van der Waals surface area contributed by atoms with Crippen LogP contribution < -0.4 is 4.72 Å². The van der Waals surface area contributed by atoms with Crippen LogP contribution in [0.25, 0.3) is 10.9 Å². The average molecular weight is 369 g/mol. The van der Waals surface area contributed by atoms with E-state index < -0.39 is 10.0 Å². The minimum absolute atomic E-state index is 0.247. The van der Waals surface area contributed by atoms with Crippen LogP contribution in [0.15, 0.2) is 40.6 Å². The summed E-state index contributed by atoms with van der Waals surface area (Å²) in [6.45, 7) is 2.41. The molecule has 3 aromatic rings. The van der Waals surface area contributed by atoms with Crippen molar-refractivity contribution in [3.05, 3.63) is 52.0 Å². The second kappa shape index (κ2) is 6.28. The zero-order valence-corrected chi connectivity index (χ0v) is 15.2. The number of aromatic nitrogens is 1. The normalized spacial score (nSPS) is 12.1. The van der Waals surface area contributed by atoms with Gasteiger partial charge in [-0.2, -0.15) is 0 Å². The quantitative estimate of drug-likeness (QED) is 0.746. The molecule has 2 heterocycles. The van der Waals surface area contributed by atoms with Gasteiger partial charge in [0.25, 0.3) is 0 Å². The summed E-state index contributed by atoms with van der Waals surface area (Å²) in [5, 5.41) is 1.17. The van der Waals surface area contributed by atoms with Crippen LogP contribution in [0.3, 0.4) is 0 Å². The second-order valence-corrected chi connectivity index (χ2v) is 9.06. The van der Waals surface area contributed by atoms with Gasteiger partial charge in [-0.1, -0.05) is 29.8 Å². The molecule has 7 heteroatoms. The summed E-state index contributed by atoms with van der Waals surface area (Å²) in [5.41, 5.74) is 3.49. The molecule has 0 unspecified atom stereocenters. The molecule has 4 nitrogen and oxygen atoms in total. The van der Waals surface area contributed by atoms with E-state index in [1.807, 2.05) is 19.2 Å². The van der Waals surface area contributed by atoms with Crippen LogP contribution >= 0.6 is 22.9 Å². The molecule has 0 radical (unpaired) electrons. The molecule has 0 aliphatic heterocycles. The van der Waals surface area contributed by atoms with Gasteiger partial charge in [-0.15, -0.1) is 11.3 Å². The smallest absolute Gasteiger partial charge is 0.250 e. The number of benzene rings is 1. The van der Waals surface area contributed by atoms with Crippen molar-refractivity contribution >= 4 is 43.9 Å². The molecule has 0 bridgehead atoms. The van der Waals surface area contributed by atoms with Gasteiger partial charge in [0.1, 0.15) is 4.21 Å². The fraction of sp³-hybridized carbons (Fsp3) is 0.250. The molecule has 0 fully saturated rings. The molecule has 0 saturated heterocycles. The first kappa shape index (κ1) is 16.5. The van der Waals surface area contributed by atoms with Crippen LogP contribution in [0, 0.1) is 6.92 Å². The fourth-order valence-electron chi connectivity index (χ4n) is 2.74. The van der Waals surface area contributed by atoms with E-state index in [1.165, 1.54) is 17.0 Å². The van der Waals surface area contributed by atoms with E-state index in [2.05, 4.69) is 28.3 Å². The topological polar surface area (TPSA) is 51.1 Å². The van der Waals surface area contributed by atoms with Gasteiger partial charge < -0.3 is 4.57 Å². The molecule has 0 aliphatic rings. The zero-order valence-electron chi connectivity index (χ0n) is 12.8. The highest BCUT2D eigenvalue weighted by Gasteiger charge is 2.17. The minimum Gasteiger partial charge on any atom is -0.348 e. The van der Waals surface area contributed by atoms with Crippen molar-refractivity contribution in [2.45, 2.75) is 17.6 Å². The van der Waals surface area contributed by atoms with Crippen LogP contribution in [0.1, 0.15) is 11.3 Å². The molecule has 1 aromatic carbocycles.